The van der Waals surface area contributed by atoms with Gasteiger partial charge in [0.15, 0.2) is 0 Å². The van der Waals surface area contributed by atoms with E-state index in [0.29, 0.717) is 0 Å². The average molecular weight is 413 g/mol. The van der Waals surface area contributed by atoms with Gasteiger partial charge in [-0.25, -0.2) is 0 Å². The third-order valence-electron chi connectivity index (χ3n) is 0. The summed E-state index contributed by atoms with van der Waals surface area (Å²) < 4.78 is 0. The van der Waals surface area contributed by atoms with Gasteiger partial charge in [-0.2, -0.15) is 0 Å². The molecule has 0 aliphatic carbocycles. The second-order valence-corrected chi connectivity index (χ2v) is 0. The molecule has 0 rings (SSSR count). The van der Waals surface area contributed by atoms with Crippen molar-refractivity contribution >= 4 is 0 Å². The molecule has 0 amide bonds. The summed E-state index contributed by atoms with van der Waals surface area (Å²) in [5, 5.41) is 0. The summed E-state index contributed by atoms with van der Waals surface area (Å²) in [5.74, 6) is 0. The summed E-state index contributed by atoms with van der Waals surface area (Å²) in [6.07, 6.45) is 0. The first-order chi connectivity index (χ1) is 0. The summed E-state index contributed by atoms with van der Waals surface area (Å²) in [7, 11) is 0. The molecule has 0 aromatic carbocycles. The first kappa shape index (κ1) is 31.2. The van der Waals surface area contributed by atoms with E-state index in [2.05, 4.69) is 0 Å². The van der Waals surface area contributed by atoms with Gasteiger partial charge in [0, 0.05) is 78.9 Å². The first-order valence-electron chi connectivity index (χ1n) is 0. The topological polar surface area (TPSA) is 0 Å². The van der Waals surface area contributed by atoms with Crippen LogP contribution in [0.4, 0.5) is 0 Å². The molecule has 0 N–H and O–H groups in total. The van der Waals surface area contributed by atoms with E-state index in [1.54, 1.807) is 0 Å². The van der Waals surface area contributed by atoms with Gasteiger partial charge in [0.2, 0.25) is 0 Å². The van der Waals surface area contributed by atoms with Gasteiger partial charge in [-0.05, 0) is 0 Å². The molecule has 0 heterocycles. The second kappa shape index (κ2) is 17.7. The maximum absolute atomic E-state index is 0. The fourth-order valence-electron chi connectivity index (χ4n) is 0. The SMILES string of the molecule is [Pd].[Rh].[Rh].[Ru]. The third-order valence-corrected chi connectivity index (χ3v) is 0. The monoisotopic (exact) mass is 414 g/mol. The summed E-state index contributed by atoms with van der Waals surface area (Å²) in [4.78, 5) is 0. The minimum atomic E-state index is 0. The van der Waals surface area contributed by atoms with E-state index in [-0.39, 0.29) is 78.9 Å². The zero-order valence-electron chi connectivity index (χ0n) is 1.34. The minimum absolute atomic E-state index is 0. The van der Waals surface area contributed by atoms with Crippen molar-refractivity contribution in [2.45, 2.75) is 0 Å². The van der Waals surface area contributed by atoms with E-state index < -0.39 is 0 Å². The van der Waals surface area contributed by atoms with Crippen molar-refractivity contribution in [3.05, 3.63) is 0 Å². The molecule has 4 heteroatoms. The summed E-state index contributed by atoms with van der Waals surface area (Å²) in [6, 6.07) is 0. The number of hydrogen-bond acceptors (Lipinski definition) is 0. The minimum Gasteiger partial charge on any atom is 0 e. The van der Waals surface area contributed by atoms with Crippen LogP contribution in [0.5, 0.6) is 0 Å². The Kier molecular flexibility index (Phi) is 138. The van der Waals surface area contributed by atoms with Crippen LogP contribution in [0.25, 0.3) is 0 Å². The van der Waals surface area contributed by atoms with E-state index in [1.165, 1.54) is 0 Å². The van der Waals surface area contributed by atoms with Crippen molar-refractivity contribution in [1.29, 1.82) is 0 Å². The molecule has 0 saturated carbocycles. The predicted molar refractivity (Wildman–Crippen MR) is 0 cm³/mol. The summed E-state index contributed by atoms with van der Waals surface area (Å²) >= 11 is 0. The quantitative estimate of drug-likeness (QED) is 0.491. The van der Waals surface area contributed by atoms with Gasteiger partial charge in [0.25, 0.3) is 0 Å². The Morgan fingerprint density at radius 3 is 0.750 bits per heavy atom. The maximum Gasteiger partial charge on any atom is 0 e. The smallest absolute Gasteiger partial charge is 0 e. The van der Waals surface area contributed by atoms with Crippen molar-refractivity contribution in [2.24, 2.45) is 0 Å². The Hall–Kier alpha value is 2.53. The van der Waals surface area contributed by atoms with E-state index in [1.807, 2.05) is 0 Å². The van der Waals surface area contributed by atoms with Crippen molar-refractivity contribution in [3.8, 4) is 0 Å². The zero-order valence-corrected chi connectivity index (χ0v) is 7.91. The molecule has 0 aromatic rings. The Morgan fingerprint density at radius 2 is 0.750 bits per heavy atom. The molecule has 0 nitrogen and oxygen atoms in total. The Morgan fingerprint density at radius 1 is 0.750 bits per heavy atom. The fraction of sp³-hybridized carbons (Fsp3) is 0. The van der Waals surface area contributed by atoms with E-state index in [0.717, 1.165) is 0 Å². The van der Waals surface area contributed by atoms with Crippen LogP contribution in [-0.4, -0.2) is 0 Å². The molecular formula is PdRh2Ru. The largest absolute Gasteiger partial charge is 0 e. The zero-order chi connectivity index (χ0) is 0. The standard InChI is InChI=1S/Pd.2Rh.Ru. The van der Waals surface area contributed by atoms with E-state index >= 15 is 0 Å². The number of hydrogen-bond donors (Lipinski definition) is 0. The van der Waals surface area contributed by atoms with E-state index in [4.69, 9.17) is 0 Å². The molecule has 0 bridgehead atoms. The molecule has 2 radical (unpaired) electrons. The Balaban J connectivity index is 0. The maximum atomic E-state index is 0. The van der Waals surface area contributed by atoms with Crippen LogP contribution in [0.1, 0.15) is 0 Å². The van der Waals surface area contributed by atoms with Crippen molar-refractivity contribution < 1.29 is 78.9 Å². The first-order valence-corrected chi connectivity index (χ1v) is 0. The second-order valence-electron chi connectivity index (χ2n) is 0. The van der Waals surface area contributed by atoms with Crippen LogP contribution in [0.2, 0.25) is 0 Å². The molecule has 0 aromatic heterocycles. The molecule has 0 spiro atoms. The van der Waals surface area contributed by atoms with Gasteiger partial charge in [-0.1, -0.05) is 0 Å². The van der Waals surface area contributed by atoms with Gasteiger partial charge in [-0.15, -0.1) is 0 Å². The van der Waals surface area contributed by atoms with Gasteiger partial charge in [-0.3, -0.25) is 0 Å². The summed E-state index contributed by atoms with van der Waals surface area (Å²) in [6.45, 7) is 0. The molecule has 36 valence electrons. The van der Waals surface area contributed by atoms with Gasteiger partial charge in [0.1, 0.15) is 0 Å². The van der Waals surface area contributed by atoms with Crippen LogP contribution >= 0.6 is 0 Å². The summed E-state index contributed by atoms with van der Waals surface area (Å²) in [5.41, 5.74) is 0. The molecule has 0 atom stereocenters. The Labute approximate surface area is 77.8 Å². The number of rotatable bonds is 0. The Bertz CT molecular complexity index is 6.00. The van der Waals surface area contributed by atoms with Crippen molar-refractivity contribution in [3.63, 3.8) is 0 Å². The molecule has 4 heavy (non-hydrogen) atoms. The third kappa shape index (κ3) is 8.82. The van der Waals surface area contributed by atoms with Crippen LogP contribution in [0.3, 0.4) is 0 Å². The van der Waals surface area contributed by atoms with Crippen LogP contribution in [-0.2, 0) is 78.9 Å². The van der Waals surface area contributed by atoms with Gasteiger partial charge >= 0.3 is 0 Å². The van der Waals surface area contributed by atoms with Crippen LogP contribution in [0, 0.1) is 0 Å². The predicted octanol–water partition coefficient (Wildman–Crippen LogP) is -0.0100. The fourth-order valence-corrected chi connectivity index (χ4v) is 0. The molecular weight excluding hydrogens is 413 g/mol. The van der Waals surface area contributed by atoms with E-state index in [9.17, 15) is 0 Å². The van der Waals surface area contributed by atoms with Crippen molar-refractivity contribution in [1.82, 2.24) is 0 Å². The van der Waals surface area contributed by atoms with Crippen LogP contribution < -0.4 is 0 Å². The molecule has 0 unspecified atom stereocenters. The van der Waals surface area contributed by atoms with Crippen LogP contribution in [0.15, 0.2) is 0 Å². The molecule has 0 saturated heterocycles. The van der Waals surface area contributed by atoms with Gasteiger partial charge < -0.3 is 0 Å². The molecule has 0 aliphatic heterocycles. The normalized spacial score (nSPS) is 0. The molecule has 0 aliphatic rings. The van der Waals surface area contributed by atoms with Gasteiger partial charge in [0.05, 0.1) is 0 Å². The molecule has 0 fully saturated rings. The average Bonchev–Trinajstić information content (AvgIpc) is 0. The van der Waals surface area contributed by atoms with Crippen molar-refractivity contribution in [2.75, 3.05) is 0 Å².